The van der Waals surface area contributed by atoms with Gasteiger partial charge in [-0.15, -0.1) is 6.58 Å². The van der Waals surface area contributed by atoms with Crippen LogP contribution in [0.3, 0.4) is 0 Å². The molecule has 0 spiro atoms. The van der Waals surface area contributed by atoms with E-state index in [2.05, 4.69) is 11.9 Å². The molecule has 4 nitrogen and oxygen atoms in total. The van der Waals surface area contributed by atoms with Crippen LogP contribution in [0, 0.1) is 0 Å². The van der Waals surface area contributed by atoms with Gasteiger partial charge in [0.05, 0.1) is 13.2 Å². The minimum Gasteiger partial charge on any atom is -0.494 e. The third-order valence-electron chi connectivity index (χ3n) is 2.73. The fourth-order valence-electron chi connectivity index (χ4n) is 1.80. The molecule has 0 heterocycles. The standard InChI is InChI=1S/C16H25NO3/c1-4-6-14-13-15(19-5-2)7-8-16(14)20-12-10-17-9-11-18-3/h4,7-8,13,17H,1,5-6,9-12H2,2-3H3. The third-order valence-corrected chi connectivity index (χ3v) is 2.73. The lowest BCUT2D eigenvalue weighted by Crippen LogP contribution is -2.24. The Morgan fingerprint density at radius 2 is 2.00 bits per heavy atom. The number of benzene rings is 1. The topological polar surface area (TPSA) is 39.7 Å². The van der Waals surface area contributed by atoms with E-state index in [9.17, 15) is 0 Å². The van der Waals surface area contributed by atoms with Crippen LogP contribution in [0.5, 0.6) is 11.5 Å². The molecule has 0 bridgehead atoms. The summed E-state index contributed by atoms with van der Waals surface area (Å²) in [5, 5.41) is 3.24. The van der Waals surface area contributed by atoms with Crippen molar-refractivity contribution in [2.45, 2.75) is 13.3 Å². The number of ether oxygens (including phenoxy) is 3. The molecule has 0 atom stereocenters. The Balaban J connectivity index is 2.48. The average molecular weight is 279 g/mol. The van der Waals surface area contributed by atoms with Crippen LogP contribution in [0.2, 0.25) is 0 Å². The molecule has 4 heteroatoms. The summed E-state index contributed by atoms with van der Waals surface area (Å²) in [5.41, 5.74) is 1.10. The number of hydrogen-bond acceptors (Lipinski definition) is 4. The van der Waals surface area contributed by atoms with Gasteiger partial charge in [0.1, 0.15) is 18.1 Å². The Morgan fingerprint density at radius 1 is 1.20 bits per heavy atom. The summed E-state index contributed by atoms with van der Waals surface area (Å²) in [5.74, 6) is 1.76. The Kier molecular flexibility index (Phi) is 8.51. The van der Waals surface area contributed by atoms with E-state index in [1.165, 1.54) is 0 Å². The van der Waals surface area contributed by atoms with Crippen molar-refractivity contribution in [2.24, 2.45) is 0 Å². The largest absolute Gasteiger partial charge is 0.494 e. The highest BCUT2D eigenvalue weighted by molar-refractivity contribution is 5.41. The number of hydrogen-bond donors (Lipinski definition) is 1. The fourth-order valence-corrected chi connectivity index (χ4v) is 1.80. The number of methoxy groups -OCH3 is 1. The van der Waals surface area contributed by atoms with E-state index >= 15 is 0 Å². The van der Waals surface area contributed by atoms with Crippen LogP contribution in [0.15, 0.2) is 30.9 Å². The van der Waals surface area contributed by atoms with Crippen LogP contribution in [0.25, 0.3) is 0 Å². The summed E-state index contributed by atoms with van der Waals surface area (Å²) in [6, 6.07) is 5.90. The van der Waals surface area contributed by atoms with Gasteiger partial charge in [0.25, 0.3) is 0 Å². The average Bonchev–Trinajstić information content (AvgIpc) is 2.45. The quantitative estimate of drug-likeness (QED) is 0.499. The van der Waals surface area contributed by atoms with Crippen LogP contribution >= 0.6 is 0 Å². The molecule has 0 amide bonds. The Hall–Kier alpha value is -1.52. The summed E-state index contributed by atoms with van der Waals surface area (Å²) in [4.78, 5) is 0. The second-order valence-electron chi connectivity index (χ2n) is 4.29. The lowest BCUT2D eigenvalue weighted by Gasteiger charge is -2.13. The Labute approximate surface area is 121 Å². The summed E-state index contributed by atoms with van der Waals surface area (Å²) in [6.07, 6.45) is 2.64. The SMILES string of the molecule is C=CCc1cc(OCC)ccc1OCCNCCOC. The van der Waals surface area contributed by atoms with Crippen molar-refractivity contribution in [3.8, 4) is 11.5 Å². The second kappa shape index (κ2) is 10.3. The molecular weight excluding hydrogens is 254 g/mol. The minimum absolute atomic E-state index is 0.627. The summed E-state index contributed by atoms with van der Waals surface area (Å²) in [7, 11) is 1.69. The molecule has 0 aromatic heterocycles. The van der Waals surface area contributed by atoms with Crippen LogP contribution in [-0.2, 0) is 11.2 Å². The van der Waals surface area contributed by atoms with Crippen molar-refractivity contribution < 1.29 is 14.2 Å². The van der Waals surface area contributed by atoms with Crippen molar-refractivity contribution >= 4 is 0 Å². The highest BCUT2D eigenvalue weighted by atomic mass is 16.5. The van der Waals surface area contributed by atoms with E-state index in [1.807, 2.05) is 31.2 Å². The predicted octanol–water partition coefficient (Wildman–Crippen LogP) is 2.43. The van der Waals surface area contributed by atoms with Gasteiger partial charge in [-0.1, -0.05) is 6.08 Å². The highest BCUT2D eigenvalue weighted by Crippen LogP contribution is 2.25. The zero-order chi connectivity index (χ0) is 14.6. The van der Waals surface area contributed by atoms with Crippen LogP contribution < -0.4 is 14.8 Å². The monoisotopic (exact) mass is 279 g/mol. The third kappa shape index (κ3) is 6.08. The second-order valence-corrected chi connectivity index (χ2v) is 4.29. The molecule has 1 N–H and O–H groups in total. The van der Waals surface area contributed by atoms with E-state index in [-0.39, 0.29) is 0 Å². The van der Waals surface area contributed by atoms with Crippen molar-refractivity contribution in [2.75, 3.05) is 40.0 Å². The van der Waals surface area contributed by atoms with E-state index in [1.54, 1.807) is 7.11 Å². The van der Waals surface area contributed by atoms with E-state index in [0.29, 0.717) is 19.8 Å². The summed E-state index contributed by atoms with van der Waals surface area (Å²) >= 11 is 0. The number of rotatable bonds is 11. The van der Waals surface area contributed by atoms with Gasteiger partial charge in [-0.3, -0.25) is 0 Å². The zero-order valence-corrected chi connectivity index (χ0v) is 12.5. The lowest BCUT2D eigenvalue weighted by atomic mass is 10.1. The molecule has 0 aliphatic heterocycles. The molecule has 20 heavy (non-hydrogen) atoms. The zero-order valence-electron chi connectivity index (χ0n) is 12.5. The van der Waals surface area contributed by atoms with E-state index < -0.39 is 0 Å². The first kappa shape index (κ1) is 16.5. The smallest absolute Gasteiger partial charge is 0.123 e. The van der Waals surface area contributed by atoms with Gasteiger partial charge in [-0.05, 0) is 31.5 Å². The minimum atomic E-state index is 0.627. The molecule has 0 fully saturated rings. The first-order valence-corrected chi connectivity index (χ1v) is 7.00. The normalized spacial score (nSPS) is 10.3. The Morgan fingerprint density at radius 3 is 2.70 bits per heavy atom. The van der Waals surface area contributed by atoms with E-state index in [0.717, 1.165) is 36.6 Å². The lowest BCUT2D eigenvalue weighted by molar-refractivity contribution is 0.196. The molecule has 0 unspecified atom stereocenters. The molecule has 0 saturated heterocycles. The van der Waals surface area contributed by atoms with Crippen molar-refractivity contribution in [1.82, 2.24) is 5.32 Å². The van der Waals surface area contributed by atoms with Gasteiger partial charge in [0.2, 0.25) is 0 Å². The first-order valence-electron chi connectivity index (χ1n) is 7.00. The van der Waals surface area contributed by atoms with Gasteiger partial charge in [-0.25, -0.2) is 0 Å². The molecule has 1 aromatic rings. The molecule has 1 aromatic carbocycles. The van der Waals surface area contributed by atoms with Crippen molar-refractivity contribution in [1.29, 1.82) is 0 Å². The molecule has 0 aliphatic carbocycles. The maximum absolute atomic E-state index is 5.80. The number of allylic oxidation sites excluding steroid dienone is 1. The molecule has 0 radical (unpaired) electrons. The summed E-state index contributed by atoms with van der Waals surface area (Å²) in [6.45, 7) is 9.39. The van der Waals surface area contributed by atoms with Crippen LogP contribution in [0.1, 0.15) is 12.5 Å². The fraction of sp³-hybridized carbons (Fsp3) is 0.500. The van der Waals surface area contributed by atoms with Crippen LogP contribution in [-0.4, -0.2) is 40.0 Å². The van der Waals surface area contributed by atoms with Crippen molar-refractivity contribution in [3.05, 3.63) is 36.4 Å². The van der Waals surface area contributed by atoms with Gasteiger partial charge in [0.15, 0.2) is 0 Å². The van der Waals surface area contributed by atoms with Gasteiger partial charge in [0, 0.05) is 25.8 Å². The highest BCUT2D eigenvalue weighted by Gasteiger charge is 2.04. The summed E-state index contributed by atoms with van der Waals surface area (Å²) < 4.78 is 16.3. The van der Waals surface area contributed by atoms with Crippen LogP contribution in [0.4, 0.5) is 0 Å². The van der Waals surface area contributed by atoms with E-state index in [4.69, 9.17) is 14.2 Å². The molecule has 0 aliphatic rings. The van der Waals surface area contributed by atoms with Crippen molar-refractivity contribution in [3.63, 3.8) is 0 Å². The Bertz CT molecular complexity index is 393. The molecular formula is C16H25NO3. The first-order chi connectivity index (χ1) is 9.81. The van der Waals surface area contributed by atoms with Gasteiger partial charge >= 0.3 is 0 Å². The molecule has 1 rings (SSSR count). The maximum atomic E-state index is 5.80. The maximum Gasteiger partial charge on any atom is 0.123 e. The molecule has 0 saturated carbocycles. The number of nitrogens with one attached hydrogen (secondary N) is 1. The van der Waals surface area contributed by atoms with Gasteiger partial charge < -0.3 is 19.5 Å². The predicted molar refractivity (Wildman–Crippen MR) is 81.8 cm³/mol. The molecule has 112 valence electrons. The van der Waals surface area contributed by atoms with Gasteiger partial charge in [-0.2, -0.15) is 0 Å².